The molecule has 0 fully saturated rings. The zero-order valence-corrected chi connectivity index (χ0v) is 15.9. The van der Waals surface area contributed by atoms with Crippen LogP contribution in [0, 0.1) is 0 Å². The minimum atomic E-state index is -0.298. The van der Waals surface area contributed by atoms with E-state index in [9.17, 15) is 0 Å². The van der Waals surface area contributed by atoms with Crippen LogP contribution in [-0.2, 0) is 5.41 Å². The number of fused-ring (bicyclic) bond motifs is 3. The summed E-state index contributed by atoms with van der Waals surface area (Å²) in [5.74, 6) is 0. The summed E-state index contributed by atoms with van der Waals surface area (Å²) in [4.78, 5) is 0. The van der Waals surface area contributed by atoms with Crippen LogP contribution in [0.3, 0.4) is 0 Å². The summed E-state index contributed by atoms with van der Waals surface area (Å²) in [5, 5.41) is 0. The minimum Gasteiger partial charge on any atom is -0.0991 e. The molecule has 2 aromatic rings. The molecule has 0 heterocycles. The van der Waals surface area contributed by atoms with Crippen LogP contribution in [0.15, 0.2) is 109 Å². The first kappa shape index (κ1) is 17.9. The Morgan fingerprint density at radius 2 is 1.42 bits per heavy atom. The highest BCUT2D eigenvalue weighted by molar-refractivity contribution is 5.86. The molecule has 2 aromatic carbocycles. The van der Waals surface area contributed by atoms with Gasteiger partial charge >= 0.3 is 0 Å². The van der Waals surface area contributed by atoms with Gasteiger partial charge in [0.1, 0.15) is 0 Å². The monoisotopic (exact) mass is 338 g/mol. The minimum absolute atomic E-state index is 0.298. The second kappa shape index (κ2) is 7.58. The predicted molar refractivity (Wildman–Crippen MR) is 114 cm³/mol. The first-order chi connectivity index (χ1) is 12.7. The van der Waals surface area contributed by atoms with E-state index in [0.29, 0.717) is 0 Å². The lowest BCUT2D eigenvalue weighted by Crippen LogP contribution is -2.29. The Morgan fingerprint density at radius 1 is 0.846 bits per heavy atom. The third-order valence-electron chi connectivity index (χ3n) is 5.16. The van der Waals surface area contributed by atoms with E-state index in [2.05, 4.69) is 112 Å². The van der Waals surface area contributed by atoms with Crippen molar-refractivity contribution in [3.8, 4) is 11.1 Å². The molecule has 1 aliphatic rings. The third-order valence-corrected chi connectivity index (χ3v) is 5.16. The van der Waals surface area contributed by atoms with Crippen LogP contribution in [-0.4, -0.2) is 0 Å². The van der Waals surface area contributed by atoms with E-state index in [0.717, 1.165) is 0 Å². The van der Waals surface area contributed by atoms with Crippen molar-refractivity contribution in [3.63, 3.8) is 0 Å². The van der Waals surface area contributed by atoms with E-state index in [-0.39, 0.29) is 5.41 Å². The molecule has 3 rings (SSSR count). The maximum atomic E-state index is 3.97. The molecular weight excluding hydrogens is 312 g/mol. The van der Waals surface area contributed by atoms with Gasteiger partial charge in [-0.15, -0.1) is 0 Å². The molecule has 0 heteroatoms. The molecule has 0 N–H and O–H groups in total. The SMILES string of the molecule is C=C/C=C(\C=C/C)C1(/C(C)=C/C=C\C)c2ccccc2-c2ccccc21. The highest BCUT2D eigenvalue weighted by atomic mass is 14.5. The molecule has 0 saturated heterocycles. The van der Waals surface area contributed by atoms with E-state index in [1.165, 1.54) is 33.4 Å². The van der Waals surface area contributed by atoms with Crippen molar-refractivity contribution in [2.75, 3.05) is 0 Å². The van der Waals surface area contributed by atoms with Gasteiger partial charge in [-0.25, -0.2) is 0 Å². The number of rotatable bonds is 5. The quantitative estimate of drug-likeness (QED) is 0.507. The average Bonchev–Trinajstić information content (AvgIpc) is 2.97. The van der Waals surface area contributed by atoms with E-state index in [1.54, 1.807) is 0 Å². The largest absolute Gasteiger partial charge is 0.0991 e. The molecule has 0 nitrogen and oxygen atoms in total. The normalized spacial score (nSPS) is 16.1. The lowest BCUT2D eigenvalue weighted by atomic mass is 9.66. The second-order valence-electron chi connectivity index (χ2n) is 6.57. The molecule has 0 amide bonds. The van der Waals surface area contributed by atoms with Crippen molar-refractivity contribution < 1.29 is 0 Å². The topological polar surface area (TPSA) is 0 Å². The first-order valence-corrected chi connectivity index (χ1v) is 9.17. The molecule has 0 spiro atoms. The number of hydrogen-bond acceptors (Lipinski definition) is 0. The van der Waals surface area contributed by atoms with Crippen LogP contribution in [0.25, 0.3) is 11.1 Å². The molecule has 130 valence electrons. The summed E-state index contributed by atoms with van der Waals surface area (Å²) < 4.78 is 0. The summed E-state index contributed by atoms with van der Waals surface area (Å²) in [7, 11) is 0. The zero-order valence-electron chi connectivity index (χ0n) is 15.9. The van der Waals surface area contributed by atoms with Crippen LogP contribution >= 0.6 is 0 Å². The maximum absolute atomic E-state index is 3.97. The number of allylic oxidation sites excluding steroid dienone is 9. The molecule has 0 bridgehead atoms. The molecular formula is C26H26. The van der Waals surface area contributed by atoms with Gasteiger partial charge in [-0.1, -0.05) is 103 Å². The fourth-order valence-corrected chi connectivity index (χ4v) is 4.18. The van der Waals surface area contributed by atoms with Crippen molar-refractivity contribution in [1.82, 2.24) is 0 Å². The molecule has 0 aromatic heterocycles. The number of benzene rings is 2. The highest BCUT2D eigenvalue weighted by Gasteiger charge is 2.45. The fraction of sp³-hybridized carbons (Fsp3) is 0.154. The smallest absolute Gasteiger partial charge is 0.0673 e. The Labute approximate surface area is 157 Å². The van der Waals surface area contributed by atoms with Gasteiger partial charge in [-0.2, -0.15) is 0 Å². The summed E-state index contributed by atoms with van der Waals surface area (Å²) in [6.45, 7) is 10.3. The van der Waals surface area contributed by atoms with E-state index in [4.69, 9.17) is 0 Å². The second-order valence-corrected chi connectivity index (χ2v) is 6.57. The Bertz CT molecular complexity index is 887. The van der Waals surface area contributed by atoms with Gasteiger partial charge in [0, 0.05) is 0 Å². The summed E-state index contributed by atoms with van der Waals surface area (Å²) in [6.07, 6.45) is 14.8. The average molecular weight is 338 g/mol. The predicted octanol–water partition coefficient (Wildman–Crippen LogP) is 7.16. The van der Waals surface area contributed by atoms with Crippen LogP contribution < -0.4 is 0 Å². The van der Waals surface area contributed by atoms with E-state index in [1.807, 2.05) is 6.08 Å². The molecule has 1 aliphatic carbocycles. The van der Waals surface area contributed by atoms with Crippen LogP contribution in [0.1, 0.15) is 31.9 Å². The van der Waals surface area contributed by atoms with E-state index < -0.39 is 0 Å². The van der Waals surface area contributed by atoms with Crippen molar-refractivity contribution in [3.05, 3.63) is 120 Å². The Balaban J connectivity index is 2.49. The lowest BCUT2D eigenvalue weighted by Gasteiger charge is -2.35. The van der Waals surface area contributed by atoms with Gasteiger partial charge in [-0.05, 0) is 48.6 Å². The summed E-state index contributed by atoms with van der Waals surface area (Å²) in [5.41, 5.74) is 7.56. The number of hydrogen-bond donors (Lipinski definition) is 0. The van der Waals surface area contributed by atoms with Crippen molar-refractivity contribution >= 4 is 0 Å². The fourth-order valence-electron chi connectivity index (χ4n) is 4.18. The summed E-state index contributed by atoms with van der Waals surface area (Å²) in [6, 6.07) is 17.5. The van der Waals surface area contributed by atoms with Crippen molar-refractivity contribution in [1.29, 1.82) is 0 Å². The Kier molecular flexibility index (Phi) is 5.23. The summed E-state index contributed by atoms with van der Waals surface area (Å²) >= 11 is 0. The molecule has 0 saturated carbocycles. The van der Waals surface area contributed by atoms with Crippen molar-refractivity contribution in [2.45, 2.75) is 26.2 Å². The molecule has 0 unspecified atom stereocenters. The Hall–Kier alpha value is -2.86. The molecule has 26 heavy (non-hydrogen) atoms. The van der Waals surface area contributed by atoms with Gasteiger partial charge in [-0.3, -0.25) is 0 Å². The van der Waals surface area contributed by atoms with Gasteiger partial charge in [0.15, 0.2) is 0 Å². The van der Waals surface area contributed by atoms with Crippen LogP contribution in [0.4, 0.5) is 0 Å². The van der Waals surface area contributed by atoms with Crippen molar-refractivity contribution in [2.24, 2.45) is 0 Å². The first-order valence-electron chi connectivity index (χ1n) is 9.17. The van der Waals surface area contributed by atoms with Crippen LogP contribution in [0.2, 0.25) is 0 Å². The highest BCUT2D eigenvalue weighted by Crippen LogP contribution is 2.56. The maximum Gasteiger partial charge on any atom is 0.0673 e. The Morgan fingerprint density at radius 3 is 1.92 bits per heavy atom. The molecule has 0 aliphatic heterocycles. The molecule has 0 radical (unpaired) electrons. The third kappa shape index (κ3) is 2.63. The van der Waals surface area contributed by atoms with Gasteiger partial charge in [0.25, 0.3) is 0 Å². The zero-order chi connectivity index (χ0) is 18.6. The van der Waals surface area contributed by atoms with Gasteiger partial charge in [0.2, 0.25) is 0 Å². The van der Waals surface area contributed by atoms with E-state index >= 15 is 0 Å². The molecule has 0 atom stereocenters. The lowest BCUT2D eigenvalue weighted by molar-refractivity contribution is 0.745. The standard InChI is InChI=1S/C26H26/c1-5-8-15-20(4)26(21(13-6-2)14-7-3)24-18-11-9-16-22(24)23-17-10-12-19-25(23)26/h5-19H,2H2,1,3-4H3/b8-5-,14-7-,20-15+,21-13+. The van der Waals surface area contributed by atoms with Gasteiger partial charge in [0.05, 0.1) is 5.41 Å². The van der Waals surface area contributed by atoms with Gasteiger partial charge < -0.3 is 0 Å². The van der Waals surface area contributed by atoms with Crippen LogP contribution in [0.5, 0.6) is 0 Å².